The summed E-state index contributed by atoms with van der Waals surface area (Å²) >= 11 is 0. The quantitative estimate of drug-likeness (QED) is 0.661. The van der Waals surface area contributed by atoms with E-state index in [1.54, 1.807) is 0 Å². The lowest BCUT2D eigenvalue weighted by atomic mass is 10.1. The fraction of sp³-hybridized carbons (Fsp3) is 0.900. The van der Waals surface area contributed by atoms with E-state index in [9.17, 15) is 4.79 Å². The van der Waals surface area contributed by atoms with Crippen LogP contribution in [0.4, 0.5) is 0 Å². The highest BCUT2D eigenvalue weighted by molar-refractivity contribution is 5.67. The SMILES string of the molecule is CC(CC(=O)O)NC(C)CC1CC1. The zero-order valence-corrected chi connectivity index (χ0v) is 8.42. The first-order valence-corrected chi connectivity index (χ1v) is 5.05. The van der Waals surface area contributed by atoms with Gasteiger partial charge in [0.05, 0.1) is 6.42 Å². The zero-order chi connectivity index (χ0) is 9.84. The summed E-state index contributed by atoms with van der Waals surface area (Å²) in [6.07, 6.45) is 4.14. The van der Waals surface area contributed by atoms with Crippen molar-refractivity contribution in [3.63, 3.8) is 0 Å². The Morgan fingerprint density at radius 1 is 1.46 bits per heavy atom. The Morgan fingerprint density at radius 3 is 2.54 bits per heavy atom. The molecule has 3 nitrogen and oxygen atoms in total. The Balaban J connectivity index is 2.09. The van der Waals surface area contributed by atoms with Gasteiger partial charge in [0.1, 0.15) is 0 Å². The number of carbonyl (C=O) groups is 1. The lowest BCUT2D eigenvalue weighted by molar-refractivity contribution is -0.137. The third-order valence-corrected chi connectivity index (χ3v) is 2.43. The minimum Gasteiger partial charge on any atom is -0.481 e. The van der Waals surface area contributed by atoms with Gasteiger partial charge >= 0.3 is 5.97 Å². The molecule has 1 aliphatic rings. The summed E-state index contributed by atoms with van der Waals surface area (Å²) < 4.78 is 0. The second kappa shape index (κ2) is 4.61. The van der Waals surface area contributed by atoms with Crippen LogP contribution in [0.2, 0.25) is 0 Å². The summed E-state index contributed by atoms with van der Waals surface area (Å²) in [5.74, 6) is 0.179. The van der Waals surface area contributed by atoms with Crippen LogP contribution in [0, 0.1) is 5.92 Å². The van der Waals surface area contributed by atoms with Gasteiger partial charge in [-0.05, 0) is 26.2 Å². The van der Waals surface area contributed by atoms with E-state index < -0.39 is 5.97 Å². The fourth-order valence-corrected chi connectivity index (χ4v) is 1.73. The van der Waals surface area contributed by atoms with Crippen molar-refractivity contribution in [1.29, 1.82) is 0 Å². The Labute approximate surface area is 79.5 Å². The summed E-state index contributed by atoms with van der Waals surface area (Å²) in [5, 5.41) is 11.9. The minimum absolute atomic E-state index is 0.0891. The number of hydrogen-bond acceptors (Lipinski definition) is 2. The summed E-state index contributed by atoms with van der Waals surface area (Å²) in [5.41, 5.74) is 0. The van der Waals surface area contributed by atoms with Crippen LogP contribution in [-0.4, -0.2) is 23.2 Å². The van der Waals surface area contributed by atoms with Gasteiger partial charge in [-0.25, -0.2) is 0 Å². The molecular formula is C10H19NO2. The van der Waals surface area contributed by atoms with Gasteiger partial charge in [0.2, 0.25) is 0 Å². The molecule has 2 atom stereocenters. The smallest absolute Gasteiger partial charge is 0.304 e. The zero-order valence-electron chi connectivity index (χ0n) is 8.42. The van der Waals surface area contributed by atoms with Crippen LogP contribution in [0.25, 0.3) is 0 Å². The van der Waals surface area contributed by atoms with E-state index in [0.29, 0.717) is 6.04 Å². The maximum absolute atomic E-state index is 10.4. The maximum atomic E-state index is 10.4. The van der Waals surface area contributed by atoms with Gasteiger partial charge in [0.15, 0.2) is 0 Å². The third-order valence-electron chi connectivity index (χ3n) is 2.43. The lowest BCUT2D eigenvalue weighted by Gasteiger charge is -2.18. The van der Waals surface area contributed by atoms with Gasteiger partial charge in [0, 0.05) is 12.1 Å². The largest absolute Gasteiger partial charge is 0.481 e. The van der Waals surface area contributed by atoms with Crippen LogP contribution in [0.15, 0.2) is 0 Å². The first-order chi connectivity index (χ1) is 6.08. The van der Waals surface area contributed by atoms with Crippen LogP contribution in [0.5, 0.6) is 0 Å². The van der Waals surface area contributed by atoms with E-state index in [2.05, 4.69) is 12.2 Å². The van der Waals surface area contributed by atoms with Gasteiger partial charge in [-0.15, -0.1) is 0 Å². The van der Waals surface area contributed by atoms with Gasteiger partial charge in [-0.3, -0.25) is 4.79 Å². The van der Waals surface area contributed by atoms with Crippen LogP contribution < -0.4 is 5.32 Å². The molecule has 2 unspecified atom stereocenters. The molecular weight excluding hydrogens is 166 g/mol. The Bertz CT molecular complexity index is 178. The molecule has 1 rings (SSSR count). The predicted octanol–water partition coefficient (Wildman–Crippen LogP) is 1.63. The van der Waals surface area contributed by atoms with Crippen molar-refractivity contribution in [2.45, 2.75) is 51.6 Å². The molecule has 0 aromatic carbocycles. The lowest BCUT2D eigenvalue weighted by Crippen LogP contribution is -2.36. The molecule has 1 aliphatic carbocycles. The summed E-state index contributed by atoms with van der Waals surface area (Å²) in [4.78, 5) is 10.4. The molecule has 0 bridgehead atoms. The van der Waals surface area contributed by atoms with Gasteiger partial charge < -0.3 is 10.4 Å². The second-order valence-electron chi connectivity index (χ2n) is 4.25. The second-order valence-corrected chi connectivity index (χ2v) is 4.25. The molecule has 1 fully saturated rings. The van der Waals surface area contributed by atoms with Crippen LogP contribution in [0.3, 0.4) is 0 Å². The van der Waals surface area contributed by atoms with Gasteiger partial charge in [-0.1, -0.05) is 12.8 Å². The molecule has 3 heteroatoms. The van der Waals surface area contributed by atoms with Crippen molar-refractivity contribution in [3.8, 4) is 0 Å². The molecule has 13 heavy (non-hydrogen) atoms. The average molecular weight is 185 g/mol. The Morgan fingerprint density at radius 2 is 2.08 bits per heavy atom. The first kappa shape index (κ1) is 10.5. The van der Waals surface area contributed by atoms with Crippen LogP contribution in [0.1, 0.15) is 39.5 Å². The molecule has 0 amide bonds. The summed E-state index contributed by atoms with van der Waals surface area (Å²) in [7, 11) is 0. The standard InChI is InChI=1S/C10H19NO2/c1-7(5-9-3-4-9)11-8(2)6-10(12)13/h7-9,11H,3-6H2,1-2H3,(H,12,13). The monoisotopic (exact) mass is 185 g/mol. The van der Waals surface area contributed by atoms with E-state index in [4.69, 9.17) is 5.11 Å². The molecule has 2 N–H and O–H groups in total. The minimum atomic E-state index is -0.723. The van der Waals surface area contributed by atoms with Crippen molar-refractivity contribution in [2.75, 3.05) is 0 Å². The summed E-state index contributed by atoms with van der Waals surface area (Å²) in [6, 6.07) is 0.549. The van der Waals surface area contributed by atoms with Crippen molar-refractivity contribution in [3.05, 3.63) is 0 Å². The molecule has 0 spiro atoms. The molecule has 0 aromatic rings. The first-order valence-electron chi connectivity index (χ1n) is 5.05. The average Bonchev–Trinajstić information content (AvgIpc) is 2.67. The summed E-state index contributed by atoms with van der Waals surface area (Å²) in [6.45, 7) is 4.06. The molecule has 0 aromatic heterocycles. The topological polar surface area (TPSA) is 49.3 Å². The highest BCUT2D eigenvalue weighted by atomic mass is 16.4. The van der Waals surface area contributed by atoms with Crippen LogP contribution >= 0.6 is 0 Å². The number of nitrogens with one attached hydrogen (secondary N) is 1. The van der Waals surface area contributed by atoms with Crippen molar-refractivity contribution < 1.29 is 9.90 Å². The van der Waals surface area contributed by atoms with Crippen molar-refractivity contribution in [1.82, 2.24) is 5.32 Å². The number of carboxylic acid groups (broad SMARTS) is 1. The number of rotatable bonds is 6. The molecule has 76 valence electrons. The van der Waals surface area contributed by atoms with Crippen LogP contribution in [-0.2, 0) is 4.79 Å². The van der Waals surface area contributed by atoms with E-state index in [1.165, 1.54) is 19.3 Å². The normalized spacial score (nSPS) is 21.1. The number of hydrogen-bond donors (Lipinski definition) is 2. The van der Waals surface area contributed by atoms with E-state index in [-0.39, 0.29) is 12.5 Å². The molecule has 0 saturated heterocycles. The molecule has 0 radical (unpaired) electrons. The molecule has 1 saturated carbocycles. The third kappa shape index (κ3) is 4.88. The van der Waals surface area contributed by atoms with E-state index in [1.807, 2.05) is 6.92 Å². The van der Waals surface area contributed by atoms with Gasteiger partial charge in [-0.2, -0.15) is 0 Å². The molecule has 0 heterocycles. The maximum Gasteiger partial charge on any atom is 0.304 e. The highest BCUT2D eigenvalue weighted by Crippen LogP contribution is 2.33. The highest BCUT2D eigenvalue weighted by Gasteiger charge is 2.24. The van der Waals surface area contributed by atoms with E-state index >= 15 is 0 Å². The molecule has 0 aliphatic heterocycles. The number of carboxylic acids is 1. The van der Waals surface area contributed by atoms with Crippen molar-refractivity contribution >= 4 is 5.97 Å². The fourth-order valence-electron chi connectivity index (χ4n) is 1.73. The number of aliphatic carboxylic acids is 1. The Hall–Kier alpha value is -0.570. The van der Waals surface area contributed by atoms with Gasteiger partial charge in [0.25, 0.3) is 0 Å². The predicted molar refractivity (Wildman–Crippen MR) is 51.7 cm³/mol. The van der Waals surface area contributed by atoms with E-state index in [0.717, 1.165) is 5.92 Å². The van der Waals surface area contributed by atoms with Crippen molar-refractivity contribution in [2.24, 2.45) is 5.92 Å². The Kier molecular flexibility index (Phi) is 3.72.